The van der Waals surface area contributed by atoms with Crippen molar-refractivity contribution < 1.29 is 9.59 Å². The van der Waals surface area contributed by atoms with E-state index in [1.807, 2.05) is 25.1 Å². The van der Waals surface area contributed by atoms with Crippen molar-refractivity contribution in [2.24, 2.45) is 5.73 Å². The minimum atomic E-state index is -0.870. The van der Waals surface area contributed by atoms with Gasteiger partial charge in [0.2, 0.25) is 5.91 Å². The standard InChI is InChI=1S/C20H15Cl2N3O2S/c1-11-2-5-13(6-3-11)25-19(27)17(28-20(25)14(10-23)18(24)26)9-12-4-7-15(21)16(22)8-12/h2-8,17H,9H2,1H3,(H2,24,26)/b20-14+/t17-/m1/s1. The van der Waals surface area contributed by atoms with E-state index in [4.69, 9.17) is 28.9 Å². The molecule has 0 saturated carbocycles. The number of carbonyl (C=O) groups excluding carboxylic acids is 2. The Hall–Kier alpha value is -2.46. The minimum absolute atomic E-state index is 0.232. The van der Waals surface area contributed by atoms with Crippen molar-refractivity contribution >= 4 is 52.5 Å². The molecule has 0 spiro atoms. The monoisotopic (exact) mass is 431 g/mol. The number of amides is 2. The number of halogens is 2. The Kier molecular flexibility index (Phi) is 5.99. The Morgan fingerprint density at radius 2 is 1.89 bits per heavy atom. The fourth-order valence-corrected chi connectivity index (χ4v) is 4.45. The first-order chi connectivity index (χ1) is 13.3. The van der Waals surface area contributed by atoms with Gasteiger partial charge < -0.3 is 5.73 Å². The molecule has 5 nitrogen and oxygen atoms in total. The van der Waals surface area contributed by atoms with Gasteiger partial charge in [-0.3, -0.25) is 14.5 Å². The Morgan fingerprint density at radius 1 is 1.21 bits per heavy atom. The third-order valence-electron chi connectivity index (χ3n) is 4.22. The first-order valence-electron chi connectivity index (χ1n) is 8.27. The van der Waals surface area contributed by atoms with Crippen molar-refractivity contribution in [1.29, 1.82) is 5.26 Å². The van der Waals surface area contributed by atoms with E-state index in [2.05, 4.69) is 0 Å². The summed E-state index contributed by atoms with van der Waals surface area (Å²) in [5.41, 5.74) is 7.55. The molecule has 2 amide bonds. The summed E-state index contributed by atoms with van der Waals surface area (Å²) in [4.78, 5) is 26.3. The van der Waals surface area contributed by atoms with Gasteiger partial charge in [-0.15, -0.1) is 0 Å². The quantitative estimate of drug-likeness (QED) is 0.579. The summed E-state index contributed by atoms with van der Waals surface area (Å²) in [6.07, 6.45) is 0.365. The molecule has 28 heavy (non-hydrogen) atoms. The first-order valence-corrected chi connectivity index (χ1v) is 9.90. The number of nitriles is 1. The van der Waals surface area contributed by atoms with Crippen LogP contribution in [0.4, 0.5) is 5.69 Å². The average molecular weight is 432 g/mol. The SMILES string of the molecule is Cc1ccc(N2C(=O)[C@@H](Cc3ccc(Cl)c(Cl)c3)S/C2=C(\C#N)C(N)=O)cc1. The van der Waals surface area contributed by atoms with Crippen LogP contribution in [0.2, 0.25) is 10.0 Å². The smallest absolute Gasteiger partial charge is 0.262 e. The van der Waals surface area contributed by atoms with Crippen LogP contribution < -0.4 is 10.6 Å². The van der Waals surface area contributed by atoms with Crippen LogP contribution in [-0.2, 0) is 16.0 Å². The van der Waals surface area contributed by atoms with Gasteiger partial charge in [-0.05, 0) is 43.2 Å². The molecule has 2 N–H and O–H groups in total. The highest BCUT2D eigenvalue weighted by Crippen LogP contribution is 2.42. The normalized spacial score (nSPS) is 18.1. The van der Waals surface area contributed by atoms with Crippen LogP contribution in [0.3, 0.4) is 0 Å². The van der Waals surface area contributed by atoms with Gasteiger partial charge in [-0.1, -0.05) is 58.7 Å². The number of nitrogens with two attached hydrogens (primary N) is 1. The molecule has 3 rings (SSSR count). The number of thioether (sulfide) groups is 1. The molecule has 0 aliphatic carbocycles. The summed E-state index contributed by atoms with van der Waals surface area (Å²) < 4.78 is 0. The topological polar surface area (TPSA) is 87.2 Å². The Bertz CT molecular complexity index is 1030. The van der Waals surface area contributed by atoms with E-state index in [-0.39, 0.29) is 16.5 Å². The highest BCUT2D eigenvalue weighted by atomic mass is 35.5. The van der Waals surface area contributed by atoms with Crippen LogP contribution in [0.25, 0.3) is 0 Å². The minimum Gasteiger partial charge on any atom is -0.365 e. The van der Waals surface area contributed by atoms with Crippen LogP contribution in [0.15, 0.2) is 53.1 Å². The molecule has 2 aromatic rings. The van der Waals surface area contributed by atoms with Gasteiger partial charge in [0.05, 0.1) is 15.3 Å². The number of hydrogen-bond donors (Lipinski definition) is 1. The maximum Gasteiger partial charge on any atom is 0.262 e. The first kappa shape index (κ1) is 20.3. The molecule has 1 heterocycles. The summed E-state index contributed by atoms with van der Waals surface area (Å²) >= 11 is 13.2. The van der Waals surface area contributed by atoms with Crippen molar-refractivity contribution in [2.45, 2.75) is 18.6 Å². The zero-order valence-corrected chi connectivity index (χ0v) is 17.1. The zero-order chi connectivity index (χ0) is 20.4. The van der Waals surface area contributed by atoms with Crippen molar-refractivity contribution in [3.63, 3.8) is 0 Å². The van der Waals surface area contributed by atoms with Crippen molar-refractivity contribution in [2.75, 3.05) is 4.90 Å². The predicted molar refractivity (Wildman–Crippen MR) is 112 cm³/mol. The second kappa shape index (κ2) is 8.27. The fourth-order valence-electron chi connectivity index (χ4n) is 2.81. The summed E-state index contributed by atoms with van der Waals surface area (Å²) in [7, 11) is 0. The second-order valence-electron chi connectivity index (χ2n) is 6.22. The van der Waals surface area contributed by atoms with Crippen LogP contribution in [0, 0.1) is 18.3 Å². The van der Waals surface area contributed by atoms with E-state index < -0.39 is 11.2 Å². The summed E-state index contributed by atoms with van der Waals surface area (Å²) in [6.45, 7) is 1.93. The highest BCUT2D eigenvalue weighted by Gasteiger charge is 2.40. The lowest BCUT2D eigenvalue weighted by Gasteiger charge is -2.18. The zero-order valence-electron chi connectivity index (χ0n) is 14.8. The number of benzene rings is 2. The predicted octanol–water partition coefficient (Wildman–Crippen LogP) is 4.21. The number of rotatable bonds is 4. The molecule has 1 aliphatic heterocycles. The van der Waals surface area contributed by atoms with Gasteiger partial charge in [-0.25, -0.2) is 0 Å². The molecule has 142 valence electrons. The maximum atomic E-state index is 13.2. The average Bonchev–Trinajstić information content (AvgIpc) is 2.95. The van der Waals surface area contributed by atoms with Crippen LogP contribution in [-0.4, -0.2) is 17.1 Å². The molecule has 2 aromatic carbocycles. The molecule has 1 aliphatic rings. The molecule has 1 atom stereocenters. The third-order valence-corrected chi connectivity index (χ3v) is 6.22. The van der Waals surface area contributed by atoms with E-state index in [0.717, 1.165) is 22.9 Å². The maximum absolute atomic E-state index is 13.2. The van der Waals surface area contributed by atoms with E-state index in [1.54, 1.807) is 30.3 Å². The lowest BCUT2D eigenvalue weighted by molar-refractivity contribution is -0.117. The molecule has 1 saturated heterocycles. The number of carbonyl (C=O) groups is 2. The molecule has 0 bridgehead atoms. The molecule has 0 unspecified atom stereocenters. The van der Waals surface area contributed by atoms with Crippen molar-refractivity contribution in [3.05, 3.63) is 74.2 Å². The molecular weight excluding hydrogens is 417 g/mol. The second-order valence-corrected chi connectivity index (χ2v) is 8.23. The molecule has 0 radical (unpaired) electrons. The number of aryl methyl sites for hydroxylation is 1. The van der Waals surface area contributed by atoms with E-state index in [9.17, 15) is 14.9 Å². The van der Waals surface area contributed by atoms with Crippen molar-refractivity contribution in [1.82, 2.24) is 0 Å². The van der Waals surface area contributed by atoms with Gasteiger partial charge in [0.15, 0.2) is 0 Å². The number of anilines is 1. The van der Waals surface area contributed by atoms with Gasteiger partial charge in [0, 0.05) is 5.69 Å². The Morgan fingerprint density at radius 3 is 2.46 bits per heavy atom. The largest absolute Gasteiger partial charge is 0.365 e. The molecular formula is C20H15Cl2N3O2S. The lowest BCUT2D eigenvalue weighted by atomic mass is 10.1. The summed E-state index contributed by atoms with van der Waals surface area (Å²) in [5, 5.41) is 9.94. The number of nitrogens with zero attached hydrogens (tertiary/aromatic N) is 2. The van der Waals surface area contributed by atoms with Gasteiger partial charge in [0.1, 0.15) is 16.7 Å². The molecule has 1 fully saturated rings. The fraction of sp³-hybridized carbons (Fsp3) is 0.150. The highest BCUT2D eigenvalue weighted by molar-refractivity contribution is 8.05. The number of primary amides is 1. The van der Waals surface area contributed by atoms with Gasteiger partial charge >= 0.3 is 0 Å². The van der Waals surface area contributed by atoms with Crippen LogP contribution in [0.1, 0.15) is 11.1 Å². The third kappa shape index (κ3) is 4.02. The van der Waals surface area contributed by atoms with E-state index in [1.165, 1.54) is 4.90 Å². The Balaban J connectivity index is 2.02. The van der Waals surface area contributed by atoms with E-state index in [0.29, 0.717) is 22.2 Å². The van der Waals surface area contributed by atoms with Crippen LogP contribution in [0.5, 0.6) is 0 Å². The lowest BCUT2D eigenvalue weighted by Crippen LogP contribution is -2.31. The van der Waals surface area contributed by atoms with Crippen LogP contribution >= 0.6 is 35.0 Å². The van der Waals surface area contributed by atoms with Crippen molar-refractivity contribution in [3.8, 4) is 6.07 Å². The van der Waals surface area contributed by atoms with E-state index >= 15 is 0 Å². The summed E-state index contributed by atoms with van der Waals surface area (Å²) in [5.74, 6) is -1.10. The molecule has 0 aromatic heterocycles. The Labute approximate surface area is 176 Å². The molecule has 8 heteroatoms. The van der Waals surface area contributed by atoms with Gasteiger partial charge in [0.25, 0.3) is 5.91 Å². The number of hydrogen-bond acceptors (Lipinski definition) is 4. The summed E-state index contributed by atoms with van der Waals surface area (Å²) in [6, 6.07) is 14.2. The van der Waals surface area contributed by atoms with Gasteiger partial charge in [-0.2, -0.15) is 5.26 Å².